The Morgan fingerprint density at radius 1 is 1.21 bits per heavy atom. The van der Waals surface area contributed by atoms with Gasteiger partial charge in [0.1, 0.15) is 0 Å². The SMILES string of the molecule is CCc1ccccc1N1CC(C(=O)OCC(=O)c2cc(C)n(C)c2C)CC1=O. The molecular weight excluding hydrogens is 356 g/mol. The Kier molecular flexibility index (Phi) is 5.68. The summed E-state index contributed by atoms with van der Waals surface area (Å²) in [5.74, 6) is -1.37. The van der Waals surface area contributed by atoms with E-state index < -0.39 is 11.9 Å². The average molecular weight is 382 g/mol. The van der Waals surface area contributed by atoms with Crippen LogP contribution >= 0.6 is 0 Å². The van der Waals surface area contributed by atoms with Crippen molar-refractivity contribution in [2.24, 2.45) is 13.0 Å². The first-order valence-electron chi connectivity index (χ1n) is 9.54. The molecule has 0 N–H and O–H groups in total. The van der Waals surface area contributed by atoms with Crippen LogP contribution in [0.5, 0.6) is 0 Å². The molecule has 1 atom stereocenters. The number of esters is 1. The van der Waals surface area contributed by atoms with Crippen LogP contribution in [0.15, 0.2) is 30.3 Å². The van der Waals surface area contributed by atoms with Crippen molar-refractivity contribution in [2.75, 3.05) is 18.1 Å². The van der Waals surface area contributed by atoms with E-state index in [0.29, 0.717) is 5.56 Å². The van der Waals surface area contributed by atoms with Gasteiger partial charge in [-0.2, -0.15) is 0 Å². The van der Waals surface area contributed by atoms with Gasteiger partial charge in [0, 0.05) is 42.7 Å². The van der Waals surface area contributed by atoms with Gasteiger partial charge in [0.25, 0.3) is 0 Å². The zero-order chi connectivity index (χ0) is 20.4. The predicted octanol–water partition coefficient (Wildman–Crippen LogP) is 2.98. The van der Waals surface area contributed by atoms with Gasteiger partial charge in [0.05, 0.1) is 5.92 Å². The zero-order valence-electron chi connectivity index (χ0n) is 16.8. The van der Waals surface area contributed by atoms with Gasteiger partial charge in [-0.3, -0.25) is 14.4 Å². The second kappa shape index (κ2) is 8.00. The van der Waals surface area contributed by atoms with Gasteiger partial charge in [-0.05, 0) is 38.0 Å². The first kappa shape index (κ1) is 19.9. The topological polar surface area (TPSA) is 68.6 Å². The molecule has 1 aliphatic rings. The number of nitrogens with zero attached hydrogens (tertiary/aromatic N) is 2. The van der Waals surface area contributed by atoms with E-state index in [1.165, 1.54) is 0 Å². The number of rotatable bonds is 6. The van der Waals surface area contributed by atoms with E-state index in [9.17, 15) is 14.4 Å². The molecule has 28 heavy (non-hydrogen) atoms. The molecule has 0 saturated carbocycles. The highest BCUT2D eigenvalue weighted by Gasteiger charge is 2.37. The first-order chi connectivity index (χ1) is 13.3. The summed E-state index contributed by atoms with van der Waals surface area (Å²) < 4.78 is 7.18. The summed E-state index contributed by atoms with van der Waals surface area (Å²) in [4.78, 5) is 39.0. The minimum absolute atomic E-state index is 0.0938. The Labute approximate surface area is 165 Å². The van der Waals surface area contributed by atoms with Crippen molar-refractivity contribution in [1.82, 2.24) is 4.57 Å². The molecule has 2 heterocycles. The highest BCUT2D eigenvalue weighted by atomic mass is 16.5. The van der Waals surface area contributed by atoms with Gasteiger partial charge < -0.3 is 14.2 Å². The number of Topliss-reactive ketones (excluding diaryl/α,β-unsaturated/α-hetero) is 1. The number of para-hydroxylation sites is 1. The van der Waals surface area contributed by atoms with Crippen LogP contribution in [0.1, 0.15) is 40.7 Å². The maximum Gasteiger partial charge on any atom is 0.311 e. The van der Waals surface area contributed by atoms with Crippen molar-refractivity contribution in [3.05, 3.63) is 52.8 Å². The van der Waals surface area contributed by atoms with Crippen molar-refractivity contribution >= 4 is 23.3 Å². The number of aromatic nitrogens is 1. The van der Waals surface area contributed by atoms with E-state index in [-0.39, 0.29) is 31.3 Å². The monoisotopic (exact) mass is 382 g/mol. The van der Waals surface area contributed by atoms with E-state index in [1.54, 1.807) is 11.0 Å². The molecule has 1 aromatic carbocycles. The summed E-state index contributed by atoms with van der Waals surface area (Å²) >= 11 is 0. The van der Waals surface area contributed by atoms with Crippen molar-refractivity contribution in [3.8, 4) is 0 Å². The van der Waals surface area contributed by atoms with Gasteiger partial charge in [0.15, 0.2) is 6.61 Å². The van der Waals surface area contributed by atoms with Crippen LogP contribution in [0.4, 0.5) is 5.69 Å². The van der Waals surface area contributed by atoms with E-state index >= 15 is 0 Å². The van der Waals surface area contributed by atoms with Crippen LogP contribution in [-0.4, -0.2) is 35.4 Å². The molecule has 0 aliphatic carbocycles. The number of ketones is 1. The summed E-state index contributed by atoms with van der Waals surface area (Å²) in [6, 6.07) is 9.50. The molecule has 1 amide bonds. The number of hydrogen-bond donors (Lipinski definition) is 0. The molecule has 1 aliphatic heterocycles. The molecule has 6 nitrogen and oxygen atoms in total. The van der Waals surface area contributed by atoms with Crippen LogP contribution in [0, 0.1) is 19.8 Å². The lowest BCUT2D eigenvalue weighted by Gasteiger charge is -2.19. The highest BCUT2D eigenvalue weighted by Crippen LogP contribution is 2.29. The highest BCUT2D eigenvalue weighted by molar-refractivity contribution is 6.01. The molecule has 2 aromatic rings. The van der Waals surface area contributed by atoms with Gasteiger partial charge in [-0.15, -0.1) is 0 Å². The van der Waals surface area contributed by atoms with E-state index in [1.807, 2.05) is 56.7 Å². The predicted molar refractivity (Wildman–Crippen MR) is 106 cm³/mol. The second-order valence-electron chi connectivity index (χ2n) is 7.26. The minimum Gasteiger partial charge on any atom is -0.457 e. The molecule has 0 radical (unpaired) electrons. The summed E-state index contributed by atoms with van der Waals surface area (Å²) in [7, 11) is 1.89. The Balaban J connectivity index is 1.63. The lowest BCUT2D eigenvalue weighted by Crippen LogP contribution is -2.28. The normalized spacial score (nSPS) is 16.5. The minimum atomic E-state index is -0.552. The fourth-order valence-corrected chi connectivity index (χ4v) is 3.64. The number of aryl methyl sites for hydroxylation is 2. The summed E-state index contributed by atoms with van der Waals surface area (Å²) in [6.07, 6.45) is 0.911. The molecule has 0 bridgehead atoms. The number of benzene rings is 1. The summed E-state index contributed by atoms with van der Waals surface area (Å²) in [5.41, 5.74) is 4.29. The third kappa shape index (κ3) is 3.72. The van der Waals surface area contributed by atoms with Crippen molar-refractivity contribution in [1.29, 1.82) is 0 Å². The number of amides is 1. The molecular formula is C22H26N2O4. The van der Waals surface area contributed by atoms with E-state index in [4.69, 9.17) is 4.74 Å². The number of carbonyl (C=O) groups is 3. The molecule has 1 unspecified atom stereocenters. The third-order valence-electron chi connectivity index (χ3n) is 5.54. The van der Waals surface area contributed by atoms with Gasteiger partial charge in [0.2, 0.25) is 11.7 Å². The van der Waals surface area contributed by atoms with Crippen LogP contribution < -0.4 is 4.90 Å². The zero-order valence-corrected chi connectivity index (χ0v) is 16.8. The van der Waals surface area contributed by atoms with Crippen LogP contribution in [0.25, 0.3) is 0 Å². The maximum absolute atomic E-state index is 12.5. The molecule has 6 heteroatoms. The standard InChI is InChI=1S/C22H26N2O4/c1-5-16-8-6-7-9-19(16)24-12-17(11-21(24)26)22(27)28-13-20(25)18-10-14(2)23(4)15(18)3/h6-10,17H,5,11-13H2,1-4H3. The third-order valence-corrected chi connectivity index (χ3v) is 5.54. The Bertz CT molecular complexity index is 929. The molecule has 1 saturated heterocycles. The van der Waals surface area contributed by atoms with Crippen LogP contribution in [-0.2, 0) is 27.8 Å². The smallest absolute Gasteiger partial charge is 0.311 e. The molecule has 1 fully saturated rings. The van der Waals surface area contributed by atoms with Crippen molar-refractivity contribution in [3.63, 3.8) is 0 Å². The Hall–Kier alpha value is -2.89. The average Bonchev–Trinajstić information content (AvgIpc) is 3.20. The van der Waals surface area contributed by atoms with Crippen molar-refractivity contribution < 1.29 is 19.1 Å². The molecule has 1 aromatic heterocycles. The quantitative estimate of drug-likeness (QED) is 0.569. The molecule has 148 valence electrons. The lowest BCUT2D eigenvalue weighted by molar-refractivity contribution is -0.147. The number of anilines is 1. The number of carbonyl (C=O) groups excluding carboxylic acids is 3. The first-order valence-corrected chi connectivity index (χ1v) is 9.54. The van der Waals surface area contributed by atoms with Crippen molar-refractivity contribution in [2.45, 2.75) is 33.6 Å². The Morgan fingerprint density at radius 3 is 2.57 bits per heavy atom. The molecule has 0 spiro atoms. The number of ether oxygens (including phenoxy) is 1. The largest absolute Gasteiger partial charge is 0.457 e. The van der Waals surface area contributed by atoms with E-state index in [2.05, 4.69) is 0 Å². The van der Waals surface area contributed by atoms with Gasteiger partial charge >= 0.3 is 5.97 Å². The van der Waals surface area contributed by atoms with Gasteiger partial charge in [-0.1, -0.05) is 25.1 Å². The summed E-state index contributed by atoms with van der Waals surface area (Å²) in [5, 5.41) is 0. The fraction of sp³-hybridized carbons (Fsp3) is 0.409. The number of hydrogen-bond acceptors (Lipinski definition) is 4. The van der Waals surface area contributed by atoms with Gasteiger partial charge in [-0.25, -0.2) is 0 Å². The van der Waals surface area contributed by atoms with Crippen LogP contribution in [0.2, 0.25) is 0 Å². The fourth-order valence-electron chi connectivity index (χ4n) is 3.64. The molecule has 3 rings (SSSR count). The van der Waals surface area contributed by atoms with Crippen LogP contribution in [0.3, 0.4) is 0 Å². The Morgan fingerprint density at radius 2 is 1.93 bits per heavy atom. The van der Waals surface area contributed by atoms with E-state index in [0.717, 1.165) is 29.1 Å². The summed E-state index contributed by atoms with van der Waals surface area (Å²) in [6.45, 7) is 5.79. The maximum atomic E-state index is 12.5. The lowest BCUT2D eigenvalue weighted by atomic mass is 10.1. The second-order valence-corrected chi connectivity index (χ2v) is 7.26.